The molecule has 0 amide bonds. The summed E-state index contributed by atoms with van der Waals surface area (Å²) in [7, 11) is 4.92. The summed E-state index contributed by atoms with van der Waals surface area (Å²) < 4.78 is 113. The lowest BCUT2D eigenvalue weighted by molar-refractivity contribution is -0.174. The molecule has 0 unspecified atom stereocenters. The fourth-order valence-corrected chi connectivity index (χ4v) is 1.57. The first-order valence-electron chi connectivity index (χ1n) is 4.87. The lowest BCUT2D eigenvalue weighted by Crippen LogP contribution is -2.23. The van der Waals surface area contributed by atoms with Crippen LogP contribution in [0.15, 0.2) is 12.1 Å². The molecule has 0 aliphatic rings. The predicted molar refractivity (Wildman–Crippen MR) is 50.9 cm³/mol. The minimum absolute atomic E-state index is 0.0297. The molecule has 1 aromatic carbocycles. The average Bonchev–Trinajstić information content (AvgIpc) is 2.23. The van der Waals surface area contributed by atoms with E-state index in [0.29, 0.717) is 0 Å². The fourth-order valence-electron chi connectivity index (χ4n) is 1.57. The van der Waals surface area contributed by atoms with Crippen LogP contribution in [0.4, 0.5) is 39.5 Å². The van der Waals surface area contributed by atoms with Gasteiger partial charge in [0.1, 0.15) is 0 Å². The zero-order valence-corrected chi connectivity index (χ0v) is 9.34. The van der Waals surface area contributed by atoms with Crippen molar-refractivity contribution in [1.82, 2.24) is 0 Å². The highest BCUT2D eigenvalue weighted by atomic mass is 19.4. The van der Waals surface area contributed by atoms with E-state index in [2.05, 4.69) is 0 Å². The molecule has 1 aromatic rings. The third kappa shape index (κ3) is 3.40. The van der Waals surface area contributed by atoms with E-state index in [1.807, 2.05) is 0 Å². The van der Waals surface area contributed by atoms with Gasteiger partial charge >= 0.3 is 18.5 Å². The molecule has 10 heteroatoms. The highest BCUT2D eigenvalue weighted by molar-refractivity contribution is 6.08. The Morgan fingerprint density at radius 2 is 1.05 bits per heavy atom. The Kier molecular flexibility index (Phi) is 4.08. The van der Waals surface area contributed by atoms with E-state index in [-0.39, 0.29) is 12.1 Å². The number of benzene rings is 1. The van der Waals surface area contributed by atoms with Crippen molar-refractivity contribution in [2.24, 2.45) is 0 Å². The van der Waals surface area contributed by atoms with E-state index in [0.717, 1.165) is 0 Å². The third-order valence-electron chi connectivity index (χ3n) is 2.33. The number of hydrogen-bond acceptors (Lipinski definition) is 0. The Morgan fingerprint density at radius 1 is 0.700 bits per heavy atom. The van der Waals surface area contributed by atoms with Gasteiger partial charge < -0.3 is 0 Å². The molecule has 0 heterocycles. The molecule has 0 bridgehead atoms. The van der Waals surface area contributed by atoms with Crippen LogP contribution >= 0.6 is 0 Å². The maximum Gasteiger partial charge on any atom is 0.417 e. The van der Waals surface area contributed by atoms with Gasteiger partial charge in [-0.15, -0.1) is 0 Å². The minimum Gasteiger partial charge on any atom is -0.166 e. The SMILES string of the molecule is [B]Cc1cc(C(F)(F)F)c(C(F)(F)F)c(C(F)(F)F)c1. The summed E-state index contributed by atoms with van der Waals surface area (Å²) in [6, 6.07) is -0.0594. The highest BCUT2D eigenvalue weighted by Gasteiger charge is 2.50. The largest absolute Gasteiger partial charge is 0.417 e. The van der Waals surface area contributed by atoms with Crippen LogP contribution in [0.1, 0.15) is 22.3 Å². The first kappa shape index (κ1) is 16.7. The Morgan fingerprint density at radius 3 is 1.25 bits per heavy atom. The molecule has 0 nitrogen and oxygen atoms in total. The molecule has 1 rings (SSSR count). The molecule has 0 saturated carbocycles. The van der Waals surface area contributed by atoms with Gasteiger partial charge in [-0.1, -0.05) is 11.9 Å². The second-order valence-electron chi connectivity index (χ2n) is 3.76. The summed E-state index contributed by atoms with van der Waals surface area (Å²) in [5.74, 6) is 0. The van der Waals surface area contributed by atoms with E-state index < -0.39 is 47.1 Å². The van der Waals surface area contributed by atoms with Crippen LogP contribution in [-0.2, 0) is 24.8 Å². The second kappa shape index (κ2) is 4.89. The monoisotopic (exact) mass is 306 g/mol. The Balaban J connectivity index is 3.83. The van der Waals surface area contributed by atoms with Crippen LogP contribution in [0, 0.1) is 0 Å². The summed E-state index contributed by atoms with van der Waals surface area (Å²) in [5.41, 5.74) is -8.26. The fraction of sp³-hybridized carbons (Fsp3) is 0.400. The molecule has 0 N–H and O–H groups in total. The van der Waals surface area contributed by atoms with Crippen LogP contribution in [0.5, 0.6) is 0 Å². The van der Waals surface area contributed by atoms with E-state index >= 15 is 0 Å². The average molecular weight is 306 g/mol. The van der Waals surface area contributed by atoms with Crippen molar-refractivity contribution < 1.29 is 39.5 Å². The van der Waals surface area contributed by atoms with E-state index in [4.69, 9.17) is 7.85 Å². The second-order valence-corrected chi connectivity index (χ2v) is 3.76. The van der Waals surface area contributed by atoms with Gasteiger partial charge in [-0.25, -0.2) is 0 Å². The third-order valence-corrected chi connectivity index (χ3v) is 2.33. The molecule has 2 radical (unpaired) electrons. The Labute approximate surface area is 108 Å². The van der Waals surface area contributed by atoms with Crippen LogP contribution < -0.4 is 0 Å². The lowest BCUT2D eigenvalue weighted by atomic mass is 9.90. The topological polar surface area (TPSA) is 0 Å². The predicted octanol–water partition coefficient (Wildman–Crippen LogP) is 4.41. The van der Waals surface area contributed by atoms with Gasteiger partial charge in [0.25, 0.3) is 0 Å². The molecule has 0 atom stereocenters. The zero-order chi connectivity index (χ0) is 15.9. The number of rotatable bonds is 1. The van der Waals surface area contributed by atoms with Crippen molar-refractivity contribution in [2.45, 2.75) is 24.8 Å². The number of hydrogen-bond donors (Lipinski definition) is 0. The summed E-state index contributed by atoms with van der Waals surface area (Å²) in [6.07, 6.45) is -17.7. The van der Waals surface area contributed by atoms with Gasteiger partial charge in [0, 0.05) is 0 Å². The molecular weight excluding hydrogens is 302 g/mol. The number of alkyl halides is 9. The van der Waals surface area contributed by atoms with Crippen LogP contribution in [0.25, 0.3) is 0 Å². The van der Waals surface area contributed by atoms with Crippen molar-refractivity contribution in [3.8, 4) is 0 Å². The maximum atomic E-state index is 12.6. The molecular formula is C10H4BF9. The van der Waals surface area contributed by atoms with Gasteiger partial charge in [0.05, 0.1) is 24.5 Å². The van der Waals surface area contributed by atoms with Gasteiger partial charge in [0.2, 0.25) is 0 Å². The molecule has 0 aliphatic heterocycles. The molecule has 0 aromatic heterocycles. The first-order valence-corrected chi connectivity index (χ1v) is 4.87. The molecule has 20 heavy (non-hydrogen) atoms. The van der Waals surface area contributed by atoms with Crippen molar-refractivity contribution in [2.75, 3.05) is 0 Å². The highest BCUT2D eigenvalue weighted by Crippen LogP contribution is 2.47. The number of halogens is 9. The lowest BCUT2D eigenvalue weighted by Gasteiger charge is -2.21. The molecule has 110 valence electrons. The summed E-state index contributed by atoms with van der Waals surface area (Å²) in [5, 5.41) is 0. The quantitative estimate of drug-likeness (QED) is 0.532. The smallest absolute Gasteiger partial charge is 0.166 e. The van der Waals surface area contributed by atoms with E-state index in [1.54, 1.807) is 0 Å². The Hall–Kier alpha value is -1.35. The first-order chi connectivity index (χ1) is 8.78. The standard InChI is InChI=1S/C10H4BF9/c11-3-4-1-5(8(12,13)14)7(10(18,19)20)6(2-4)9(15,16)17/h1-2H,3H2. The zero-order valence-electron chi connectivity index (χ0n) is 9.34. The summed E-state index contributed by atoms with van der Waals surface area (Å²) in [6.45, 7) is 0. The van der Waals surface area contributed by atoms with Gasteiger partial charge in [0.15, 0.2) is 0 Å². The van der Waals surface area contributed by atoms with Gasteiger partial charge in [-0.3, -0.25) is 0 Å². The molecule has 0 spiro atoms. The Bertz CT molecular complexity index is 460. The van der Waals surface area contributed by atoms with Crippen LogP contribution in [-0.4, -0.2) is 7.85 Å². The van der Waals surface area contributed by atoms with Crippen LogP contribution in [0.2, 0.25) is 0 Å². The summed E-state index contributed by atoms with van der Waals surface area (Å²) >= 11 is 0. The van der Waals surface area contributed by atoms with Crippen molar-refractivity contribution in [3.63, 3.8) is 0 Å². The maximum absolute atomic E-state index is 12.6. The minimum atomic E-state index is -5.80. The molecule has 0 aliphatic carbocycles. The summed E-state index contributed by atoms with van der Waals surface area (Å²) in [4.78, 5) is 0. The van der Waals surface area contributed by atoms with Gasteiger partial charge in [-0.05, 0) is 12.1 Å². The van der Waals surface area contributed by atoms with Gasteiger partial charge in [-0.2, -0.15) is 39.5 Å². The van der Waals surface area contributed by atoms with Crippen molar-refractivity contribution in [1.29, 1.82) is 0 Å². The molecule has 0 saturated heterocycles. The van der Waals surface area contributed by atoms with E-state index in [1.165, 1.54) is 0 Å². The van der Waals surface area contributed by atoms with Crippen LogP contribution in [0.3, 0.4) is 0 Å². The van der Waals surface area contributed by atoms with E-state index in [9.17, 15) is 39.5 Å². The molecule has 0 fully saturated rings. The normalized spacial score (nSPS) is 13.7. The van der Waals surface area contributed by atoms with Crippen molar-refractivity contribution >= 4 is 7.85 Å². The van der Waals surface area contributed by atoms with Crippen molar-refractivity contribution in [3.05, 3.63) is 34.4 Å².